The Morgan fingerprint density at radius 2 is 1.81 bits per heavy atom. The van der Waals surface area contributed by atoms with Crippen molar-refractivity contribution < 1.29 is 21.6 Å². The second-order valence-corrected chi connectivity index (χ2v) is 12.9. The van der Waals surface area contributed by atoms with Gasteiger partial charge in [0.05, 0.1) is 11.5 Å². The second-order valence-electron chi connectivity index (χ2n) is 9.72. The summed E-state index contributed by atoms with van der Waals surface area (Å²) in [5.74, 6) is -0.511. The fraction of sp³-hybridized carbons (Fsp3) is 0.458. The highest BCUT2D eigenvalue weighted by Gasteiger charge is 2.59. The molecule has 5 unspecified atom stereocenters. The van der Waals surface area contributed by atoms with Gasteiger partial charge in [-0.15, -0.1) is 11.3 Å². The number of halogens is 4. The van der Waals surface area contributed by atoms with E-state index in [1.54, 1.807) is 18.3 Å². The Morgan fingerprint density at radius 1 is 1.17 bits per heavy atom. The Kier molecular flexibility index (Phi) is 6.62. The molecular weight excluding hydrogens is 533 g/mol. The van der Waals surface area contributed by atoms with Crippen LogP contribution in [0.4, 0.5) is 13.2 Å². The first-order valence-electron chi connectivity index (χ1n) is 11.6. The standard InChI is InChI=1S/C24H26ClF3N4O2S2/c25-17-4-1-14(2-5-17)21(22-31-9-10-35-22)15-3-8-20(29)23(30,13-15)16-11-18-6-7-19(12-16)32(18)36(33,34)24(26,27)28/h1-5,8-10,13,16,18-21H,6-7,11-12,29-30H2. The van der Waals surface area contributed by atoms with E-state index in [4.69, 9.17) is 23.1 Å². The lowest BCUT2D eigenvalue weighted by Gasteiger charge is -2.47. The van der Waals surface area contributed by atoms with E-state index in [0.717, 1.165) is 16.1 Å². The molecule has 1 aromatic heterocycles. The van der Waals surface area contributed by atoms with Gasteiger partial charge in [0.1, 0.15) is 5.01 Å². The van der Waals surface area contributed by atoms with E-state index in [-0.39, 0.29) is 24.7 Å². The molecule has 1 aromatic carbocycles. The molecule has 5 atom stereocenters. The first-order valence-corrected chi connectivity index (χ1v) is 14.3. The summed E-state index contributed by atoms with van der Waals surface area (Å²) in [5, 5.41) is 3.36. The third-order valence-corrected chi connectivity index (χ3v) is 10.5. The molecule has 0 saturated carbocycles. The van der Waals surface area contributed by atoms with E-state index in [2.05, 4.69) is 4.98 Å². The quantitative estimate of drug-likeness (QED) is 0.561. The summed E-state index contributed by atoms with van der Waals surface area (Å²) < 4.78 is 65.2. The van der Waals surface area contributed by atoms with Gasteiger partial charge in [-0.2, -0.15) is 17.5 Å². The summed E-state index contributed by atoms with van der Waals surface area (Å²) in [6, 6.07) is 5.40. The van der Waals surface area contributed by atoms with Crippen molar-refractivity contribution in [3.05, 3.63) is 75.2 Å². The molecule has 36 heavy (non-hydrogen) atoms. The monoisotopic (exact) mass is 558 g/mol. The zero-order valence-corrected chi connectivity index (χ0v) is 21.5. The van der Waals surface area contributed by atoms with Gasteiger partial charge in [-0.3, -0.25) is 0 Å². The number of alkyl halides is 3. The van der Waals surface area contributed by atoms with Crippen molar-refractivity contribution in [3.8, 4) is 0 Å². The van der Waals surface area contributed by atoms with Crippen LogP contribution >= 0.6 is 22.9 Å². The number of thiazole rings is 1. The smallest absolute Gasteiger partial charge is 0.323 e. The largest absolute Gasteiger partial charge is 0.511 e. The highest BCUT2D eigenvalue weighted by molar-refractivity contribution is 7.90. The van der Waals surface area contributed by atoms with Gasteiger partial charge in [0, 0.05) is 34.7 Å². The average Bonchev–Trinajstić information content (AvgIpc) is 3.43. The summed E-state index contributed by atoms with van der Waals surface area (Å²) in [4.78, 5) is 4.52. The lowest BCUT2D eigenvalue weighted by molar-refractivity contribution is -0.0523. The molecule has 3 heterocycles. The number of hydrogen-bond donors (Lipinski definition) is 2. The van der Waals surface area contributed by atoms with Crippen molar-refractivity contribution in [2.45, 2.75) is 60.8 Å². The third-order valence-electron chi connectivity index (χ3n) is 7.67. The van der Waals surface area contributed by atoms with Gasteiger partial charge < -0.3 is 11.5 Å². The number of piperidine rings is 1. The molecule has 0 amide bonds. The molecule has 3 aliphatic rings. The summed E-state index contributed by atoms with van der Waals surface area (Å²) in [6.07, 6.45) is 8.59. The molecule has 2 bridgehead atoms. The maximum atomic E-state index is 13.3. The summed E-state index contributed by atoms with van der Waals surface area (Å²) in [5.41, 5.74) is 8.93. The van der Waals surface area contributed by atoms with Crippen LogP contribution in [0.25, 0.3) is 0 Å². The zero-order valence-electron chi connectivity index (χ0n) is 19.1. The minimum absolute atomic E-state index is 0.219. The molecule has 2 fully saturated rings. The number of sulfonamides is 1. The first kappa shape index (κ1) is 25.9. The van der Waals surface area contributed by atoms with Gasteiger partial charge in [-0.25, -0.2) is 13.4 Å². The topological polar surface area (TPSA) is 102 Å². The van der Waals surface area contributed by atoms with E-state index in [9.17, 15) is 21.6 Å². The summed E-state index contributed by atoms with van der Waals surface area (Å²) in [7, 11) is -5.40. The normalized spacial score (nSPS) is 31.9. The minimum Gasteiger partial charge on any atom is -0.323 e. The Morgan fingerprint density at radius 3 is 2.36 bits per heavy atom. The van der Waals surface area contributed by atoms with Crippen molar-refractivity contribution in [2.24, 2.45) is 17.4 Å². The predicted molar refractivity (Wildman–Crippen MR) is 134 cm³/mol. The van der Waals surface area contributed by atoms with Gasteiger partial charge in [-0.1, -0.05) is 42.0 Å². The fourth-order valence-corrected chi connectivity index (χ4v) is 8.27. The molecule has 4 N–H and O–H groups in total. The van der Waals surface area contributed by atoms with Crippen LogP contribution in [0.2, 0.25) is 5.02 Å². The van der Waals surface area contributed by atoms with Crippen LogP contribution in [0, 0.1) is 5.92 Å². The van der Waals surface area contributed by atoms with Crippen LogP contribution in [-0.2, 0) is 10.0 Å². The van der Waals surface area contributed by atoms with Crippen molar-refractivity contribution in [2.75, 3.05) is 0 Å². The number of rotatable bonds is 5. The predicted octanol–water partition coefficient (Wildman–Crippen LogP) is 4.54. The second kappa shape index (κ2) is 9.21. The van der Waals surface area contributed by atoms with Gasteiger partial charge >= 0.3 is 15.5 Å². The average molecular weight is 559 g/mol. The molecule has 2 saturated heterocycles. The molecule has 6 nitrogen and oxygen atoms in total. The molecular formula is C24H26ClF3N4O2S2. The van der Waals surface area contributed by atoms with Crippen LogP contribution < -0.4 is 11.5 Å². The number of hydrogen-bond acceptors (Lipinski definition) is 6. The van der Waals surface area contributed by atoms with Gasteiger partial charge in [0.25, 0.3) is 0 Å². The van der Waals surface area contributed by atoms with Crippen LogP contribution in [0.1, 0.15) is 42.2 Å². The van der Waals surface area contributed by atoms with E-state index in [1.165, 1.54) is 11.3 Å². The molecule has 12 heteroatoms. The van der Waals surface area contributed by atoms with E-state index < -0.39 is 39.2 Å². The number of fused-ring (bicyclic) bond motifs is 2. The van der Waals surface area contributed by atoms with Gasteiger partial charge in [0.2, 0.25) is 0 Å². The molecule has 5 rings (SSSR count). The Hall–Kier alpha value is -1.76. The summed E-state index contributed by atoms with van der Waals surface area (Å²) >= 11 is 7.61. The van der Waals surface area contributed by atoms with E-state index in [0.29, 0.717) is 22.2 Å². The Balaban J connectivity index is 1.49. The third kappa shape index (κ3) is 4.33. The van der Waals surface area contributed by atoms with Crippen molar-refractivity contribution in [1.29, 1.82) is 0 Å². The molecule has 2 aliphatic heterocycles. The van der Waals surface area contributed by atoms with Crippen molar-refractivity contribution in [1.82, 2.24) is 9.29 Å². The van der Waals surface area contributed by atoms with Crippen molar-refractivity contribution >= 4 is 33.0 Å². The summed E-state index contributed by atoms with van der Waals surface area (Å²) in [6.45, 7) is 0. The molecule has 2 aromatic rings. The first-order chi connectivity index (χ1) is 16.9. The number of nitrogens with two attached hydrogens (primary N) is 2. The van der Waals surface area contributed by atoms with Crippen LogP contribution in [0.15, 0.2) is 59.6 Å². The molecule has 0 radical (unpaired) electrons. The molecule has 0 spiro atoms. The number of allylic oxidation sites excluding steroid dienone is 2. The Labute approximate surface area is 216 Å². The lowest BCUT2D eigenvalue weighted by Crippen LogP contribution is -2.63. The van der Waals surface area contributed by atoms with E-state index in [1.807, 2.05) is 35.7 Å². The Bertz CT molecular complexity index is 1270. The maximum Gasteiger partial charge on any atom is 0.511 e. The van der Waals surface area contributed by atoms with E-state index >= 15 is 0 Å². The minimum atomic E-state index is -5.40. The SMILES string of the molecule is NC1C=CC(C(c2ccc(Cl)cc2)c2nccs2)=CC1(N)C1CC2CCC(C1)N2S(=O)(=O)C(F)(F)F. The lowest BCUT2D eigenvalue weighted by atomic mass is 9.68. The van der Waals surface area contributed by atoms with Crippen LogP contribution in [0.3, 0.4) is 0 Å². The van der Waals surface area contributed by atoms with Crippen molar-refractivity contribution in [3.63, 3.8) is 0 Å². The van der Waals surface area contributed by atoms with Crippen LogP contribution in [-0.4, -0.2) is 46.9 Å². The molecule has 194 valence electrons. The zero-order chi connectivity index (χ0) is 25.9. The maximum absolute atomic E-state index is 13.3. The fourth-order valence-electron chi connectivity index (χ4n) is 5.95. The highest BCUT2D eigenvalue weighted by Crippen LogP contribution is 2.48. The van der Waals surface area contributed by atoms with Crippen LogP contribution in [0.5, 0.6) is 0 Å². The number of benzene rings is 1. The van der Waals surface area contributed by atoms with Gasteiger partial charge in [0.15, 0.2) is 0 Å². The van der Waals surface area contributed by atoms with Gasteiger partial charge in [-0.05, 0) is 54.9 Å². The highest BCUT2D eigenvalue weighted by atomic mass is 35.5. The molecule has 1 aliphatic carbocycles. The number of aromatic nitrogens is 1. The number of nitrogens with zero attached hydrogens (tertiary/aromatic N) is 2.